The number of hydrogen-bond acceptors (Lipinski definition) is 3. The van der Waals surface area contributed by atoms with Crippen LogP contribution in [0, 0.1) is 15.9 Å². The minimum atomic E-state index is -0.566. The molecule has 0 aliphatic heterocycles. The van der Waals surface area contributed by atoms with Gasteiger partial charge in [0.2, 0.25) is 0 Å². The van der Waals surface area contributed by atoms with Crippen molar-refractivity contribution in [2.24, 2.45) is 0 Å². The van der Waals surface area contributed by atoms with E-state index in [1.54, 1.807) is 6.07 Å². The van der Waals surface area contributed by atoms with Crippen molar-refractivity contribution in [2.45, 2.75) is 6.54 Å². The van der Waals surface area contributed by atoms with Crippen molar-refractivity contribution in [1.29, 1.82) is 0 Å². The summed E-state index contributed by atoms with van der Waals surface area (Å²) in [7, 11) is 0. The summed E-state index contributed by atoms with van der Waals surface area (Å²) in [5.74, 6) is -0.544. The molecule has 0 aliphatic rings. The van der Waals surface area contributed by atoms with Crippen LogP contribution >= 0.6 is 34.8 Å². The molecular formula is C13H8Cl3FN2O2. The Hall–Kier alpha value is -1.56. The lowest BCUT2D eigenvalue weighted by atomic mass is 10.2. The molecule has 0 aromatic heterocycles. The highest BCUT2D eigenvalue weighted by Gasteiger charge is 2.13. The highest BCUT2D eigenvalue weighted by atomic mass is 35.5. The number of nitrogens with zero attached hydrogens (tertiary/aromatic N) is 1. The Kier molecular flexibility index (Phi) is 4.88. The zero-order valence-electron chi connectivity index (χ0n) is 10.4. The lowest BCUT2D eigenvalue weighted by Gasteiger charge is -2.11. The van der Waals surface area contributed by atoms with E-state index in [4.69, 9.17) is 34.8 Å². The summed E-state index contributed by atoms with van der Waals surface area (Å²) >= 11 is 17.5. The monoisotopic (exact) mass is 348 g/mol. The van der Waals surface area contributed by atoms with Crippen molar-refractivity contribution >= 4 is 46.2 Å². The summed E-state index contributed by atoms with van der Waals surface area (Å²) in [6, 6.07) is 6.67. The van der Waals surface area contributed by atoms with Crippen LogP contribution < -0.4 is 5.32 Å². The van der Waals surface area contributed by atoms with Crippen LogP contribution in [0.2, 0.25) is 15.1 Å². The Labute approximate surface area is 134 Å². The van der Waals surface area contributed by atoms with Crippen molar-refractivity contribution in [3.05, 3.63) is 66.9 Å². The maximum absolute atomic E-state index is 13.1. The van der Waals surface area contributed by atoms with Crippen LogP contribution in [-0.2, 0) is 6.54 Å². The van der Waals surface area contributed by atoms with Crippen molar-refractivity contribution in [2.75, 3.05) is 5.32 Å². The van der Waals surface area contributed by atoms with Gasteiger partial charge in [-0.25, -0.2) is 4.39 Å². The molecule has 8 heteroatoms. The number of halogens is 4. The van der Waals surface area contributed by atoms with Crippen LogP contribution in [0.1, 0.15) is 5.56 Å². The highest BCUT2D eigenvalue weighted by Crippen LogP contribution is 2.32. The van der Waals surface area contributed by atoms with Gasteiger partial charge in [-0.1, -0.05) is 40.9 Å². The topological polar surface area (TPSA) is 55.2 Å². The third kappa shape index (κ3) is 3.75. The standard InChI is InChI=1S/C13H8Cl3FN2O2/c14-9-2-1-7(3-12(9)19(20)21)6-18-13-10(15)4-8(17)5-11(13)16/h1-5,18H,6H2. The second-order valence-corrected chi connectivity index (χ2v) is 5.36. The number of benzene rings is 2. The van der Waals surface area contributed by atoms with Gasteiger partial charge >= 0.3 is 0 Å². The smallest absolute Gasteiger partial charge is 0.288 e. The van der Waals surface area contributed by atoms with Crippen LogP contribution in [0.15, 0.2) is 30.3 Å². The minimum absolute atomic E-state index is 0.0570. The average Bonchev–Trinajstić information content (AvgIpc) is 2.38. The van der Waals surface area contributed by atoms with E-state index in [1.165, 1.54) is 12.1 Å². The molecule has 0 fully saturated rings. The van der Waals surface area contributed by atoms with Crippen molar-refractivity contribution in [3.8, 4) is 0 Å². The van der Waals surface area contributed by atoms with Gasteiger partial charge in [0.25, 0.3) is 5.69 Å². The van der Waals surface area contributed by atoms with Gasteiger partial charge in [0.05, 0.1) is 20.7 Å². The zero-order chi connectivity index (χ0) is 15.6. The molecule has 0 heterocycles. The quantitative estimate of drug-likeness (QED) is 0.601. The maximum Gasteiger partial charge on any atom is 0.288 e. The molecule has 4 nitrogen and oxygen atoms in total. The molecule has 110 valence electrons. The van der Waals surface area contributed by atoms with Gasteiger partial charge in [0.15, 0.2) is 0 Å². The summed E-state index contributed by atoms with van der Waals surface area (Å²) in [6.45, 7) is 0.225. The lowest BCUT2D eigenvalue weighted by Crippen LogP contribution is -2.02. The summed E-state index contributed by atoms with van der Waals surface area (Å²) < 4.78 is 13.1. The summed E-state index contributed by atoms with van der Waals surface area (Å²) in [6.07, 6.45) is 0. The number of nitrogens with one attached hydrogen (secondary N) is 1. The highest BCUT2D eigenvalue weighted by molar-refractivity contribution is 6.39. The van der Waals surface area contributed by atoms with Crippen LogP contribution in [0.3, 0.4) is 0 Å². The van der Waals surface area contributed by atoms with Crippen LogP contribution in [0.5, 0.6) is 0 Å². The molecule has 2 aromatic carbocycles. The van der Waals surface area contributed by atoms with Crippen LogP contribution in [0.25, 0.3) is 0 Å². The first kappa shape index (κ1) is 15.8. The molecule has 2 aromatic rings. The predicted molar refractivity (Wildman–Crippen MR) is 81.9 cm³/mol. The Balaban J connectivity index is 2.21. The van der Waals surface area contributed by atoms with E-state index in [0.717, 1.165) is 12.1 Å². The van der Waals surface area contributed by atoms with Gasteiger partial charge in [-0.15, -0.1) is 0 Å². The molecule has 0 saturated heterocycles. The van der Waals surface area contributed by atoms with Crippen LogP contribution in [0.4, 0.5) is 15.8 Å². The largest absolute Gasteiger partial charge is 0.379 e. The average molecular weight is 350 g/mol. The first-order chi connectivity index (χ1) is 9.88. The Morgan fingerprint density at radius 2 is 1.71 bits per heavy atom. The summed E-state index contributed by atoms with van der Waals surface area (Å²) in [4.78, 5) is 10.2. The fourth-order valence-electron chi connectivity index (χ4n) is 1.71. The summed E-state index contributed by atoms with van der Waals surface area (Å²) in [5.41, 5.74) is 0.784. The Morgan fingerprint density at radius 1 is 1.10 bits per heavy atom. The molecular weight excluding hydrogens is 342 g/mol. The van der Waals surface area contributed by atoms with Gasteiger partial charge in [-0.05, 0) is 23.8 Å². The number of nitro groups is 1. The van der Waals surface area contributed by atoms with E-state index < -0.39 is 10.7 Å². The molecule has 0 spiro atoms. The van der Waals surface area contributed by atoms with Crippen LogP contribution in [-0.4, -0.2) is 4.92 Å². The molecule has 0 atom stereocenters. The fourth-order valence-corrected chi connectivity index (χ4v) is 2.49. The molecule has 0 amide bonds. The van der Waals surface area contributed by atoms with Gasteiger partial charge in [0.1, 0.15) is 10.8 Å². The predicted octanol–water partition coefficient (Wildman–Crippen LogP) is 5.31. The van der Waals surface area contributed by atoms with Gasteiger partial charge in [-0.2, -0.15) is 0 Å². The molecule has 0 unspecified atom stereocenters. The maximum atomic E-state index is 13.1. The molecule has 0 aliphatic carbocycles. The van der Waals surface area contributed by atoms with E-state index in [2.05, 4.69) is 5.32 Å². The third-order valence-electron chi connectivity index (χ3n) is 2.68. The van der Waals surface area contributed by atoms with E-state index in [1.807, 2.05) is 0 Å². The number of anilines is 1. The minimum Gasteiger partial charge on any atom is -0.379 e. The molecule has 0 saturated carbocycles. The molecule has 2 rings (SSSR count). The van der Waals surface area contributed by atoms with Gasteiger partial charge in [-0.3, -0.25) is 10.1 Å². The molecule has 21 heavy (non-hydrogen) atoms. The van der Waals surface area contributed by atoms with Gasteiger partial charge < -0.3 is 5.32 Å². The first-order valence-electron chi connectivity index (χ1n) is 5.69. The Bertz CT molecular complexity index is 687. The third-order valence-corrected chi connectivity index (χ3v) is 3.60. The van der Waals surface area contributed by atoms with Crippen molar-refractivity contribution in [3.63, 3.8) is 0 Å². The molecule has 1 N–H and O–H groups in total. The first-order valence-corrected chi connectivity index (χ1v) is 6.83. The van der Waals surface area contributed by atoms with Gasteiger partial charge in [0, 0.05) is 12.6 Å². The van der Waals surface area contributed by atoms with E-state index in [9.17, 15) is 14.5 Å². The normalized spacial score (nSPS) is 10.5. The van der Waals surface area contributed by atoms with E-state index in [0.29, 0.717) is 11.3 Å². The van der Waals surface area contributed by atoms with Crippen molar-refractivity contribution in [1.82, 2.24) is 0 Å². The summed E-state index contributed by atoms with van der Waals surface area (Å²) in [5, 5.41) is 14.0. The second kappa shape index (κ2) is 6.47. The van der Waals surface area contributed by atoms with Crippen molar-refractivity contribution < 1.29 is 9.31 Å². The molecule has 0 radical (unpaired) electrons. The second-order valence-electron chi connectivity index (χ2n) is 4.14. The SMILES string of the molecule is O=[N+]([O-])c1cc(CNc2c(Cl)cc(F)cc2Cl)ccc1Cl. The Morgan fingerprint density at radius 3 is 2.29 bits per heavy atom. The zero-order valence-corrected chi connectivity index (χ0v) is 12.6. The molecule has 0 bridgehead atoms. The number of hydrogen-bond donors (Lipinski definition) is 1. The number of rotatable bonds is 4. The fraction of sp³-hybridized carbons (Fsp3) is 0.0769. The lowest BCUT2D eigenvalue weighted by molar-refractivity contribution is -0.384. The van der Waals surface area contributed by atoms with E-state index >= 15 is 0 Å². The number of nitro benzene ring substituents is 1. The van der Waals surface area contributed by atoms with E-state index in [-0.39, 0.29) is 27.3 Å².